The van der Waals surface area contributed by atoms with Crippen molar-refractivity contribution >= 4 is 23.0 Å². The second-order valence-electron chi connectivity index (χ2n) is 3.74. The molecule has 0 aliphatic heterocycles. The summed E-state index contributed by atoms with van der Waals surface area (Å²) < 4.78 is 0. The van der Waals surface area contributed by atoms with Crippen LogP contribution in [-0.2, 0) is 6.42 Å². The van der Waals surface area contributed by atoms with Gasteiger partial charge in [0.05, 0.1) is 10.7 Å². The molecule has 0 aliphatic carbocycles. The van der Waals surface area contributed by atoms with Crippen LogP contribution in [0, 0.1) is 0 Å². The van der Waals surface area contributed by atoms with Crippen LogP contribution in [0.25, 0.3) is 0 Å². The van der Waals surface area contributed by atoms with E-state index in [0.29, 0.717) is 10.7 Å². The maximum Gasteiger partial charge on any atom is 0.0657 e. The minimum Gasteiger partial charge on any atom is -0.399 e. The molecular weight excluding hydrogens is 234 g/mol. The van der Waals surface area contributed by atoms with Gasteiger partial charge in [0, 0.05) is 30.5 Å². The Morgan fingerprint density at radius 2 is 2.12 bits per heavy atom. The molecular formula is C13H14ClN3. The van der Waals surface area contributed by atoms with Gasteiger partial charge in [-0.05, 0) is 30.3 Å². The summed E-state index contributed by atoms with van der Waals surface area (Å²) in [6.07, 6.45) is 2.66. The first kappa shape index (κ1) is 11.7. The number of anilines is 2. The zero-order valence-electron chi connectivity index (χ0n) is 9.36. The van der Waals surface area contributed by atoms with Gasteiger partial charge in [0.25, 0.3) is 0 Å². The molecule has 0 radical (unpaired) electrons. The number of nitrogen functional groups attached to an aromatic ring is 1. The van der Waals surface area contributed by atoms with Gasteiger partial charge in [0.1, 0.15) is 0 Å². The van der Waals surface area contributed by atoms with Crippen molar-refractivity contribution in [2.45, 2.75) is 6.42 Å². The van der Waals surface area contributed by atoms with E-state index in [9.17, 15) is 0 Å². The summed E-state index contributed by atoms with van der Waals surface area (Å²) in [5.41, 5.74) is 8.26. The Bertz CT molecular complexity index is 485. The number of benzene rings is 1. The predicted molar refractivity (Wildman–Crippen MR) is 72.3 cm³/mol. The molecule has 0 unspecified atom stereocenters. The standard InChI is InChI=1S/C13H14ClN3/c14-12-9-10(15)4-5-13(12)17-8-6-11-3-1-2-7-16-11/h1-5,7,9,17H,6,8,15H2. The van der Waals surface area contributed by atoms with Crippen molar-refractivity contribution < 1.29 is 0 Å². The summed E-state index contributed by atoms with van der Waals surface area (Å²) in [4.78, 5) is 4.25. The molecule has 0 atom stereocenters. The maximum atomic E-state index is 6.05. The Morgan fingerprint density at radius 3 is 2.82 bits per heavy atom. The molecule has 3 nitrogen and oxygen atoms in total. The van der Waals surface area contributed by atoms with Gasteiger partial charge in [0.15, 0.2) is 0 Å². The van der Waals surface area contributed by atoms with Gasteiger partial charge in [-0.15, -0.1) is 0 Å². The number of hydrogen-bond acceptors (Lipinski definition) is 3. The molecule has 1 aromatic heterocycles. The number of hydrogen-bond donors (Lipinski definition) is 2. The molecule has 17 heavy (non-hydrogen) atoms. The highest BCUT2D eigenvalue weighted by Gasteiger charge is 2.00. The quantitative estimate of drug-likeness (QED) is 0.817. The maximum absolute atomic E-state index is 6.05. The van der Waals surface area contributed by atoms with E-state index in [1.165, 1.54) is 0 Å². The molecule has 2 aromatic rings. The summed E-state index contributed by atoms with van der Waals surface area (Å²) in [7, 11) is 0. The fraction of sp³-hybridized carbons (Fsp3) is 0.154. The van der Waals surface area contributed by atoms with Crippen LogP contribution >= 0.6 is 11.6 Å². The number of nitrogens with two attached hydrogens (primary N) is 1. The van der Waals surface area contributed by atoms with Gasteiger partial charge in [0.2, 0.25) is 0 Å². The van der Waals surface area contributed by atoms with Gasteiger partial charge >= 0.3 is 0 Å². The zero-order valence-corrected chi connectivity index (χ0v) is 10.1. The molecule has 1 aromatic carbocycles. The first-order chi connectivity index (χ1) is 8.25. The van der Waals surface area contributed by atoms with Crippen molar-refractivity contribution in [1.29, 1.82) is 0 Å². The summed E-state index contributed by atoms with van der Waals surface area (Å²) in [6, 6.07) is 11.4. The number of nitrogens with one attached hydrogen (secondary N) is 1. The van der Waals surface area contributed by atoms with Gasteiger partial charge in [-0.3, -0.25) is 4.98 Å². The lowest BCUT2D eigenvalue weighted by molar-refractivity contribution is 0.961. The van der Waals surface area contributed by atoms with Crippen molar-refractivity contribution in [3.63, 3.8) is 0 Å². The molecule has 0 spiro atoms. The van der Waals surface area contributed by atoms with E-state index in [1.807, 2.05) is 30.3 Å². The van der Waals surface area contributed by atoms with Crippen molar-refractivity contribution in [1.82, 2.24) is 4.98 Å². The number of rotatable bonds is 4. The van der Waals surface area contributed by atoms with Gasteiger partial charge in [-0.2, -0.15) is 0 Å². The summed E-state index contributed by atoms with van der Waals surface area (Å²) in [5.74, 6) is 0. The lowest BCUT2D eigenvalue weighted by Gasteiger charge is -2.08. The van der Waals surface area contributed by atoms with Crippen LogP contribution in [0.2, 0.25) is 5.02 Å². The summed E-state index contributed by atoms with van der Waals surface area (Å²) in [6.45, 7) is 0.792. The van der Waals surface area contributed by atoms with E-state index >= 15 is 0 Å². The fourth-order valence-corrected chi connectivity index (χ4v) is 1.80. The third kappa shape index (κ3) is 3.36. The minimum absolute atomic E-state index is 0.644. The highest BCUT2D eigenvalue weighted by Crippen LogP contribution is 2.23. The number of nitrogens with zero attached hydrogens (tertiary/aromatic N) is 1. The molecule has 0 bridgehead atoms. The number of pyridine rings is 1. The Morgan fingerprint density at radius 1 is 1.24 bits per heavy atom. The third-order valence-electron chi connectivity index (χ3n) is 2.42. The van der Waals surface area contributed by atoms with Gasteiger partial charge in [-0.1, -0.05) is 17.7 Å². The lowest BCUT2D eigenvalue weighted by Crippen LogP contribution is -2.06. The van der Waals surface area contributed by atoms with E-state index < -0.39 is 0 Å². The molecule has 2 rings (SSSR count). The van der Waals surface area contributed by atoms with E-state index in [1.54, 1.807) is 12.3 Å². The molecule has 3 N–H and O–H groups in total. The van der Waals surface area contributed by atoms with Gasteiger partial charge in [-0.25, -0.2) is 0 Å². The monoisotopic (exact) mass is 247 g/mol. The highest BCUT2D eigenvalue weighted by molar-refractivity contribution is 6.33. The van der Waals surface area contributed by atoms with E-state index in [-0.39, 0.29) is 0 Å². The smallest absolute Gasteiger partial charge is 0.0657 e. The van der Waals surface area contributed by atoms with Crippen LogP contribution in [0.5, 0.6) is 0 Å². The lowest BCUT2D eigenvalue weighted by atomic mass is 10.2. The number of halogens is 1. The SMILES string of the molecule is Nc1ccc(NCCc2ccccn2)c(Cl)c1. The molecule has 0 aliphatic rings. The first-order valence-electron chi connectivity index (χ1n) is 5.44. The average molecular weight is 248 g/mol. The minimum atomic E-state index is 0.644. The Kier molecular flexibility index (Phi) is 3.83. The molecule has 88 valence electrons. The summed E-state index contributed by atoms with van der Waals surface area (Å²) in [5, 5.41) is 3.91. The zero-order chi connectivity index (χ0) is 12.1. The van der Waals surface area contributed by atoms with Gasteiger partial charge < -0.3 is 11.1 Å². The molecule has 4 heteroatoms. The average Bonchev–Trinajstić information content (AvgIpc) is 2.33. The second kappa shape index (κ2) is 5.55. The highest BCUT2D eigenvalue weighted by atomic mass is 35.5. The van der Waals surface area contributed by atoms with Crippen LogP contribution in [0.3, 0.4) is 0 Å². The second-order valence-corrected chi connectivity index (χ2v) is 4.14. The predicted octanol–water partition coefficient (Wildman–Crippen LogP) is 2.97. The Balaban J connectivity index is 1.90. The topological polar surface area (TPSA) is 50.9 Å². The summed E-state index contributed by atoms with van der Waals surface area (Å²) >= 11 is 6.05. The van der Waals surface area contributed by atoms with E-state index in [0.717, 1.165) is 24.3 Å². The molecule has 0 saturated heterocycles. The number of aromatic nitrogens is 1. The van der Waals surface area contributed by atoms with Crippen LogP contribution in [0.15, 0.2) is 42.6 Å². The van der Waals surface area contributed by atoms with Crippen molar-refractivity contribution in [2.75, 3.05) is 17.6 Å². The van der Waals surface area contributed by atoms with Crippen molar-refractivity contribution in [3.8, 4) is 0 Å². The fourth-order valence-electron chi connectivity index (χ4n) is 1.55. The third-order valence-corrected chi connectivity index (χ3v) is 2.73. The molecule has 0 fully saturated rings. The normalized spacial score (nSPS) is 10.2. The van der Waals surface area contributed by atoms with Crippen LogP contribution in [0.4, 0.5) is 11.4 Å². The Labute approximate surface area is 106 Å². The van der Waals surface area contributed by atoms with E-state index in [4.69, 9.17) is 17.3 Å². The molecule has 0 amide bonds. The van der Waals surface area contributed by atoms with E-state index in [2.05, 4.69) is 10.3 Å². The van der Waals surface area contributed by atoms with Crippen molar-refractivity contribution in [3.05, 3.63) is 53.3 Å². The first-order valence-corrected chi connectivity index (χ1v) is 5.82. The molecule has 1 heterocycles. The van der Waals surface area contributed by atoms with Crippen LogP contribution in [0.1, 0.15) is 5.69 Å². The molecule has 0 saturated carbocycles. The van der Waals surface area contributed by atoms with Crippen LogP contribution < -0.4 is 11.1 Å². The largest absolute Gasteiger partial charge is 0.399 e. The van der Waals surface area contributed by atoms with Crippen molar-refractivity contribution in [2.24, 2.45) is 0 Å². The van der Waals surface area contributed by atoms with Crippen LogP contribution in [-0.4, -0.2) is 11.5 Å². The Hall–Kier alpha value is -1.74.